The van der Waals surface area contributed by atoms with Gasteiger partial charge in [0.25, 0.3) is 5.78 Å². The average Bonchev–Trinajstić information content (AvgIpc) is 3.57. The number of hydrogen-bond acceptors (Lipinski definition) is 8. The minimum absolute atomic E-state index is 0.0198. The number of thiazole rings is 1. The minimum atomic E-state index is -1.12. The predicted octanol–water partition coefficient (Wildman–Crippen LogP) is 5.86. The molecular weight excluding hydrogens is 591 g/mol. The molecule has 3 heterocycles. The quantitative estimate of drug-likeness (QED) is 0.169. The summed E-state index contributed by atoms with van der Waals surface area (Å²) in [6.45, 7) is 1.94. The van der Waals surface area contributed by atoms with Crippen molar-refractivity contribution in [3.63, 3.8) is 0 Å². The van der Waals surface area contributed by atoms with Crippen LogP contribution in [0.15, 0.2) is 58.6 Å². The molecule has 4 aromatic rings. The first kappa shape index (κ1) is 25.3. The van der Waals surface area contributed by atoms with E-state index in [0.29, 0.717) is 33.5 Å². The van der Waals surface area contributed by atoms with Crippen LogP contribution in [0.3, 0.4) is 0 Å². The molecule has 0 bridgehead atoms. The number of phenols is 1. The second kappa shape index (κ2) is 9.35. The molecule has 3 aromatic carbocycles. The number of Topliss-reactive ketones (excluding diaryl/α,β-unsaturated/α-hetero) is 1. The number of carbonyl (C=O) groups excluding carboxylic acids is 2. The van der Waals surface area contributed by atoms with Crippen LogP contribution >= 0.6 is 27.3 Å². The number of carbonyl (C=O) groups is 2. The molecule has 0 saturated carbocycles. The number of aliphatic hydroxyl groups is 1. The molecule has 0 radical (unpaired) electrons. The number of aliphatic hydroxyl groups excluding tert-OH is 1. The Morgan fingerprint density at radius 3 is 2.77 bits per heavy atom. The molecule has 2 atom stereocenters. The van der Waals surface area contributed by atoms with Crippen LogP contribution in [0, 0.1) is 5.82 Å². The molecule has 1 fully saturated rings. The summed E-state index contributed by atoms with van der Waals surface area (Å²) in [5, 5.41) is 22.1. The third-order valence-corrected chi connectivity index (χ3v) is 8.37. The van der Waals surface area contributed by atoms with Gasteiger partial charge in [-0.1, -0.05) is 11.3 Å². The van der Waals surface area contributed by atoms with Gasteiger partial charge in [0.2, 0.25) is 0 Å². The molecule has 0 aliphatic carbocycles. The number of phenolic OH excluding ortho intramolecular Hbond substituents is 1. The van der Waals surface area contributed by atoms with Crippen molar-refractivity contribution in [2.45, 2.75) is 25.5 Å². The van der Waals surface area contributed by atoms with Gasteiger partial charge in [0.05, 0.1) is 33.4 Å². The highest BCUT2D eigenvalue weighted by molar-refractivity contribution is 9.10. The molecular formula is C28H20BrFN2O6S. The first-order valence-electron chi connectivity index (χ1n) is 11.9. The van der Waals surface area contributed by atoms with E-state index in [-0.39, 0.29) is 38.5 Å². The van der Waals surface area contributed by atoms with E-state index >= 15 is 0 Å². The minimum Gasteiger partial charge on any atom is -0.507 e. The van der Waals surface area contributed by atoms with Crippen LogP contribution in [0.5, 0.6) is 17.2 Å². The van der Waals surface area contributed by atoms with Crippen molar-refractivity contribution in [3.05, 3.63) is 81.1 Å². The molecule has 6 rings (SSSR count). The molecule has 1 amide bonds. The number of amides is 1. The molecule has 198 valence electrons. The summed E-state index contributed by atoms with van der Waals surface area (Å²) in [6.07, 6.45) is 0.618. The van der Waals surface area contributed by atoms with Gasteiger partial charge in [-0.25, -0.2) is 9.37 Å². The fourth-order valence-corrected chi connectivity index (χ4v) is 6.44. The van der Waals surface area contributed by atoms with Crippen LogP contribution in [-0.2, 0) is 16.0 Å². The second-order valence-corrected chi connectivity index (χ2v) is 11.1. The number of halogens is 2. The van der Waals surface area contributed by atoms with Gasteiger partial charge in [-0.2, -0.15) is 0 Å². The Morgan fingerprint density at radius 2 is 2.00 bits per heavy atom. The lowest BCUT2D eigenvalue weighted by atomic mass is 9.94. The van der Waals surface area contributed by atoms with Gasteiger partial charge >= 0.3 is 5.91 Å². The van der Waals surface area contributed by atoms with Crippen LogP contribution in [0.2, 0.25) is 0 Å². The first-order valence-corrected chi connectivity index (χ1v) is 13.5. The van der Waals surface area contributed by atoms with Gasteiger partial charge < -0.3 is 19.7 Å². The smallest absolute Gasteiger partial charge is 0.301 e. The van der Waals surface area contributed by atoms with Crippen LogP contribution in [0.1, 0.15) is 29.7 Å². The summed E-state index contributed by atoms with van der Waals surface area (Å²) in [7, 11) is 1.37. The fourth-order valence-electron chi connectivity index (χ4n) is 4.97. The molecule has 39 heavy (non-hydrogen) atoms. The lowest BCUT2D eigenvalue weighted by Gasteiger charge is -2.24. The van der Waals surface area contributed by atoms with Gasteiger partial charge in [-0.15, -0.1) is 0 Å². The largest absolute Gasteiger partial charge is 0.507 e. The molecule has 2 aliphatic rings. The Balaban J connectivity index is 1.57. The topological polar surface area (TPSA) is 109 Å². The van der Waals surface area contributed by atoms with E-state index in [1.54, 1.807) is 24.3 Å². The number of methoxy groups -OCH3 is 1. The monoisotopic (exact) mass is 610 g/mol. The zero-order chi connectivity index (χ0) is 27.6. The number of aromatic nitrogens is 1. The maximum Gasteiger partial charge on any atom is 0.301 e. The van der Waals surface area contributed by atoms with Crippen molar-refractivity contribution >= 4 is 60.1 Å². The second-order valence-electron chi connectivity index (χ2n) is 9.29. The van der Waals surface area contributed by atoms with Crippen LogP contribution in [0.25, 0.3) is 16.0 Å². The standard InChI is InChI=1S/C28H20BrFN2O6S/c1-12-7-14-8-13(3-6-19(14)38-12)24(33)22-23(15-9-17(29)25(34)20(10-15)37-2)32(27(36)26(22)35)28-31-18-5-4-16(30)11-21(18)39-28/h3-6,8-12,23,33-34H,7H2,1-2H3/b24-22+/t12-,23+/m1/s1. The van der Waals surface area contributed by atoms with Gasteiger partial charge in [0.1, 0.15) is 23.4 Å². The summed E-state index contributed by atoms with van der Waals surface area (Å²) in [4.78, 5) is 32.7. The van der Waals surface area contributed by atoms with Crippen molar-refractivity contribution in [3.8, 4) is 17.2 Å². The summed E-state index contributed by atoms with van der Waals surface area (Å²) in [6, 6.07) is 11.1. The van der Waals surface area contributed by atoms with Gasteiger partial charge in [0, 0.05) is 12.0 Å². The molecule has 1 aromatic heterocycles. The summed E-state index contributed by atoms with van der Waals surface area (Å²) >= 11 is 4.35. The van der Waals surface area contributed by atoms with Crippen LogP contribution in [0.4, 0.5) is 9.52 Å². The predicted molar refractivity (Wildman–Crippen MR) is 147 cm³/mol. The van der Waals surface area contributed by atoms with E-state index < -0.39 is 23.5 Å². The lowest BCUT2D eigenvalue weighted by molar-refractivity contribution is -0.132. The molecule has 8 nitrogen and oxygen atoms in total. The SMILES string of the molecule is COc1cc([C@H]2/C(=C(\O)c3ccc4c(c3)C[C@@H](C)O4)C(=O)C(=O)N2c2nc3ccc(F)cc3s2)cc(Br)c1O. The van der Waals surface area contributed by atoms with Crippen molar-refractivity contribution < 1.29 is 33.7 Å². The Bertz CT molecular complexity index is 1730. The Kier molecular flexibility index (Phi) is 6.07. The molecule has 2 aliphatic heterocycles. The van der Waals surface area contributed by atoms with E-state index in [1.165, 1.54) is 36.3 Å². The summed E-state index contributed by atoms with van der Waals surface area (Å²) < 4.78 is 25.7. The Morgan fingerprint density at radius 1 is 1.21 bits per heavy atom. The van der Waals surface area contributed by atoms with Gasteiger partial charge in [0.15, 0.2) is 16.6 Å². The number of benzene rings is 3. The molecule has 11 heteroatoms. The maximum absolute atomic E-state index is 13.9. The normalized spacial score (nSPS) is 19.9. The number of nitrogens with zero attached hydrogens (tertiary/aromatic N) is 2. The number of fused-ring (bicyclic) bond motifs is 2. The van der Waals surface area contributed by atoms with Crippen molar-refractivity contribution in [2.24, 2.45) is 0 Å². The highest BCUT2D eigenvalue weighted by Gasteiger charge is 2.48. The number of aromatic hydroxyl groups is 1. The third-order valence-electron chi connectivity index (χ3n) is 6.75. The van der Waals surface area contributed by atoms with Crippen LogP contribution in [-0.4, -0.2) is 40.1 Å². The highest BCUT2D eigenvalue weighted by atomic mass is 79.9. The zero-order valence-electron chi connectivity index (χ0n) is 20.6. The zero-order valence-corrected chi connectivity index (χ0v) is 23.0. The van der Waals surface area contributed by atoms with E-state index in [4.69, 9.17) is 9.47 Å². The Hall–Kier alpha value is -3.96. The number of ketones is 1. The van der Waals surface area contributed by atoms with Gasteiger partial charge in [-0.3, -0.25) is 14.5 Å². The third kappa shape index (κ3) is 4.12. The lowest BCUT2D eigenvalue weighted by Crippen LogP contribution is -2.29. The number of rotatable bonds is 4. The number of hydrogen-bond donors (Lipinski definition) is 2. The number of anilines is 1. The van der Waals surface area contributed by atoms with E-state index in [9.17, 15) is 24.2 Å². The van der Waals surface area contributed by atoms with Crippen molar-refractivity contribution in [2.75, 3.05) is 12.0 Å². The van der Waals surface area contributed by atoms with E-state index in [2.05, 4.69) is 20.9 Å². The highest BCUT2D eigenvalue weighted by Crippen LogP contribution is 2.47. The fraction of sp³-hybridized carbons (Fsp3) is 0.179. The van der Waals surface area contributed by atoms with Crippen molar-refractivity contribution in [1.29, 1.82) is 0 Å². The number of ether oxygens (including phenoxy) is 2. The van der Waals surface area contributed by atoms with Crippen LogP contribution < -0.4 is 14.4 Å². The Labute approximate surface area is 234 Å². The molecule has 0 unspecified atom stereocenters. The summed E-state index contributed by atoms with van der Waals surface area (Å²) in [5.41, 5.74) is 1.90. The first-order chi connectivity index (χ1) is 18.7. The average molecular weight is 611 g/mol. The van der Waals surface area contributed by atoms with E-state index in [0.717, 1.165) is 16.9 Å². The van der Waals surface area contributed by atoms with E-state index in [1.807, 2.05) is 6.92 Å². The molecule has 0 spiro atoms. The molecule has 2 N–H and O–H groups in total. The van der Waals surface area contributed by atoms with Gasteiger partial charge in [-0.05, 0) is 82.5 Å². The van der Waals surface area contributed by atoms with Crippen molar-refractivity contribution in [1.82, 2.24) is 4.98 Å². The maximum atomic E-state index is 13.9. The molecule has 1 saturated heterocycles. The summed E-state index contributed by atoms with van der Waals surface area (Å²) in [5.74, 6) is -2.00.